The van der Waals surface area contributed by atoms with Crippen molar-refractivity contribution >= 4 is 57.8 Å². The minimum atomic E-state index is -1.49. The van der Waals surface area contributed by atoms with Crippen LogP contribution < -0.4 is 19.3 Å². The highest BCUT2D eigenvalue weighted by Crippen LogP contribution is 2.34. The summed E-state index contributed by atoms with van der Waals surface area (Å²) < 4.78 is 10.5. The molecule has 3 aromatic rings. The largest absolute Gasteiger partial charge is 0.497 e. The number of methoxy groups -OCH3 is 2. The van der Waals surface area contributed by atoms with E-state index in [9.17, 15) is 9.59 Å². The van der Waals surface area contributed by atoms with Crippen molar-refractivity contribution in [3.05, 3.63) is 77.8 Å². The Balaban J connectivity index is 1.80. The van der Waals surface area contributed by atoms with Crippen LogP contribution in [0.4, 0.5) is 17.1 Å². The van der Waals surface area contributed by atoms with Gasteiger partial charge in [0, 0.05) is 0 Å². The van der Waals surface area contributed by atoms with Gasteiger partial charge in [0.05, 0.1) is 30.6 Å². The van der Waals surface area contributed by atoms with E-state index >= 15 is 0 Å². The Morgan fingerprint density at radius 2 is 1.50 bits per heavy atom. The summed E-state index contributed by atoms with van der Waals surface area (Å²) in [5.74, 6) is -0.244. The van der Waals surface area contributed by atoms with Crippen LogP contribution in [0.5, 0.6) is 11.5 Å². The standard InChI is InChI=1S/C24H19ClN4O4S/c1-32-16-13-11-15(12-14-16)28-22(30)21(27-26-18-8-4-6-10-20(18)33-2)23(31)29(24(28)34)19-9-5-3-7-17(19)25/h3-14,21H,1-2H3. The fourth-order valence-corrected chi connectivity index (χ4v) is 4.00. The lowest BCUT2D eigenvalue weighted by atomic mass is 10.1. The number of carbonyl (C=O) groups excluding carboxylic acids is 2. The van der Waals surface area contributed by atoms with Gasteiger partial charge in [-0.2, -0.15) is 10.2 Å². The fraction of sp³-hybridized carbons (Fsp3) is 0.125. The molecule has 0 aromatic heterocycles. The summed E-state index contributed by atoms with van der Waals surface area (Å²) >= 11 is 12.0. The summed E-state index contributed by atoms with van der Waals surface area (Å²) in [7, 11) is 3.03. The van der Waals surface area contributed by atoms with E-state index < -0.39 is 17.9 Å². The molecule has 1 fully saturated rings. The van der Waals surface area contributed by atoms with Crippen molar-refractivity contribution in [3.8, 4) is 11.5 Å². The van der Waals surface area contributed by atoms with Crippen LogP contribution in [0.3, 0.4) is 0 Å². The molecule has 0 aliphatic carbocycles. The SMILES string of the molecule is COc1ccc(N2C(=O)C(N=Nc3ccccc3OC)C(=O)N(c3ccccc3Cl)C2=S)cc1. The third-order valence-electron chi connectivity index (χ3n) is 5.08. The van der Waals surface area contributed by atoms with Gasteiger partial charge in [-0.05, 0) is 60.7 Å². The average Bonchev–Trinajstić information content (AvgIpc) is 2.85. The van der Waals surface area contributed by atoms with Crippen LogP contribution in [-0.4, -0.2) is 37.2 Å². The molecule has 0 N–H and O–H groups in total. The molecule has 172 valence electrons. The molecule has 3 aromatic carbocycles. The van der Waals surface area contributed by atoms with E-state index in [0.29, 0.717) is 33.6 Å². The summed E-state index contributed by atoms with van der Waals surface area (Å²) in [5.41, 5.74) is 1.15. The number of rotatable bonds is 6. The Morgan fingerprint density at radius 1 is 0.853 bits per heavy atom. The number of anilines is 2. The number of halogens is 1. The molecule has 1 saturated heterocycles. The van der Waals surface area contributed by atoms with Crippen molar-refractivity contribution in [1.29, 1.82) is 0 Å². The van der Waals surface area contributed by atoms with Crippen LogP contribution in [0.15, 0.2) is 83.0 Å². The first kappa shape index (κ1) is 23.3. The summed E-state index contributed by atoms with van der Waals surface area (Å²) in [4.78, 5) is 29.4. The minimum absolute atomic E-state index is 0.0444. The zero-order valence-electron chi connectivity index (χ0n) is 18.2. The van der Waals surface area contributed by atoms with E-state index in [4.69, 9.17) is 33.3 Å². The number of nitrogens with zero attached hydrogens (tertiary/aromatic N) is 4. The van der Waals surface area contributed by atoms with Gasteiger partial charge in [0.2, 0.25) is 6.04 Å². The van der Waals surface area contributed by atoms with Crippen molar-refractivity contribution in [3.63, 3.8) is 0 Å². The van der Waals surface area contributed by atoms with Crippen LogP contribution in [0.1, 0.15) is 0 Å². The number of ether oxygens (including phenoxy) is 2. The Bertz CT molecular complexity index is 1280. The van der Waals surface area contributed by atoms with Gasteiger partial charge in [-0.3, -0.25) is 19.4 Å². The maximum absolute atomic E-state index is 13.5. The van der Waals surface area contributed by atoms with Gasteiger partial charge in [0.15, 0.2) is 5.11 Å². The maximum Gasteiger partial charge on any atom is 0.269 e. The van der Waals surface area contributed by atoms with Gasteiger partial charge in [0.1, 0.15) is 17.2 Å². The third-order valence-corrected chi connectivity index (χ3v) is 5.77. The van der Waals surface area contributed by atoms with Crippen LogP contribution in [0.2, 0.25) is 5.02 Å². The number of thiocarbonyl (C=S) groups is 1. The molecular formula is C24H19ClN4O4S. The molecule has 0 saturated carbocycles. The highest BCUT2D eigenvalue weighted by atomic mass is 35.5. The average molecular weight is 495 g/mol. The predicted molar refractivity (Wildman–Crippen MR) is 133 cm³/mol. The van der Waals surface area contributed by atoms with Gasteiger partial charge in [-0.25, -0.2) is 0 Å². The quantitative estimate of drug-likeness (QED) is 0.268. The van der Waals surface area contributed by atoms with Crippen LogP contribution in [0, 0.1) is 0 Å². The molecule has 10 heteroatoms. The van der Waals surface area contributed by atoms with Crippen molar-refractivity contribution in [2.75, 3.05) is 24.0 Å². The number of para-hydroxylation sites is 2. The lowest BCUT2D eigenvalue weighted by Gasteiger charge is -2.37. The number of hydrogen-bond acceptors (Lipinski definition) is 7. The first-order chi connectivity index (χ1) is 16.5. The van der Waals surface area contributed by atoms with E-state index in [1.165, 1.54) is 24.0 Å². The molecule has 1 unspecified atom stereocenters. The molecule has 2 amide bonds. The number of hydrogen-bond donors (Lipinski definition) is 0. The molecule has 1 aliphatic heterocycles. The Labute approximate surface area is 206 Å². The summed E-state index contributed by atoms with van der Waals surface area (Å²) in [6.45, 7) is 0. The molecular weight excluding hydrogens is 476 g/mol. The second-order valence-corrected chi connectivity index (χ2v) is 7.84. The second kappa shape index (κ2) is 9.98. The Kier molecular flexibility index (Phi) is 6.85. The van der Waals surface area contributed by atoms with Crippen LogP contribution >= 0.6 is 23.8 Å². The highest BCUT2D eigenvalue weighted by molar-refractivity contribution is 7.81. The number of benzene rings is 3. The molecule has 0 bridgehead atoms. The van der Waals surface area contributed by atoms with Gasteiger partial charge in [0.25, 0.3) is 11.8 Å². The third kappa shape index (κ3) is 4.35. The number of carbonyl (C=O) groups is 2. The smallest absolute Gasteiger partial charge is 0.269 e. The van der Waals surface area contributed by atoms with Crippen molar-refractivity contribution in [2.24, 2.45) is 10.2 Å². The molecule has 8 nitrogen and oxygen atoms in total. The number of azo groups is 1. The zero-order chi connectivity index (χ0) is 24.2. The van der Waals surface area contributed by atoms with Crippen molar-refractivity contribution in [2.45, 2.75) is 6.04 Å². The van der Waals surface area contributed by atoms with E-state index in [1.807, 2.05) is 0 Å². The topological polar surface area (TPSA) is 83.8 Å². The summed E-state index contributed by atoms with van der Waals surface area (Å²) in [6, 6.07) is 18.8. The Morgan fingerprint density at radius 3 is 2.18 bits per heavy atom. The molecule has 0 spiro atoms. The normalized spacial score (nSPS) is 16.3. The van der Waals surface area contributed by atoms with Crippen LogP contribution in [0.25, 0.3) is 0 Å². The first-order valence-electron chi connectivity index (χ1n) is 10.1. The van der Waals surface area contributed by atoms with E-state index in [-0.39, 0.29) is 5.11 Å². The molecule has 4 rings (SSSR count). The lowest BCUT2D eigenvalue weighted by molar-refractivity contribution is -0.128. The van der Waals surface area contributed by atoms with E-state index in [1.54, 1.807) is 72.8 Å². The van der Waals surface area contributed by atoms with Gasteiger partial charge in [-0.15, -0.1) is 0 Å². The molecule has 1 heterocycles. The number of amides is 2. The monoisotopic (exact) mass is 494 g/mol. The summed E-state index contributed by atoms with van der Waals surface area (Å²) in [6.07, 6.45) is 0. The second-order valence-electron chi connectivity index (χ2n) is 7.07. The van der Waals surface area contributed by atoms with Crippen LogP contribution in [-0.2, 0) is 9.59 Å². The lowest BCUT2D eigenvalue weighted by Crippen LogP contribution is -2.62. The zero-order valence-corrected chi connectivity index (χ0v) is 19.8. The van der Waals surface area contributed by atoms with Crippen molar-refractivity contribution < 1.29 is 19.1 Å². The van der Waals surface area contributed by atoms with Gasteiger partial charge in [-0.1, -0.05) is 35.9 Å². The van der Waals surface area contributed by atoms with Gasteiger partial charge < -0.3 is 9.47 Å². The van der Waals surface area contributed by atoms with E-state index in [0.717, 1.165) is 0 Å². The molecule has 1 atom stereocenters. The van der Waals surface area contributed by atoms with E-state index in [2.05, 4.69) is 10.2 Å². The van der Waals surface area contributed by atoms with Crippen molar-refractivity contribution in [1.82, 2.24) is 0 Å². The fourth-order valence-electron chi connectivity index (χ4n) is 3.39. The summed E-state index contributed by atoms with van der Waals surface area (Å²) in [5, 5.41) is 8.50. The predicted octanol–water partition coefficient (Wildman–Crippen LogP) is 5.17. The first-order valence-corrected chi connectivity index (χ1v) is 10.9. The molecule has 1 aliphatic rings. The molecule has 34 heavy (non-hydrogen) atoms. The highest BCUT2D eigenvalue weighted by Gasteiger charge is 2.46. The maximum atomic E-state index is 13.5. The molecule has 0 radical (unpaired) electrons. The Hall–Kier alpha value is -3.82. The minimum Gasteiger partial charge on any atom is -0.497 e. The van der Waals surface area contributed by atoms with Gasteiger partial charge >= 0.3 is 0 Å².